The van der Waals surface area contributed by atoms with Gasteiger partial charge in [0.25, 0.3) is 5.91 Å². The lowest BCUT2D eigenvalue weighted by Crippen LogP contribution is -2.21. The van der Waals surface area contributed by atoms with Crippen LogP contribution in [0.25, 0.3) is 0 Å². The summed E-state index contributed by atoms with van der Waals surface area (Å²) < 4.78 is 25.9. The van der Waals surface area contributed by atoms with Gasteiger partial charge in [-0.1, -0.05) is 18.2 Å². The number of para-hydroxylation sites is 1. The zero-order valence-corrected chi connectivity index (χ0v) is 11.7. The van der Waals surface area contributed by atoms with Gasteiger partial charge in [-0.3, -0.25) is 4.79 Å². The molecule has 1 aromatic heterocycles. The first kappa shape index (κ1) is 13.7. The first-order valence-electron chi connectivity index (χ1n) is 5.42. The number of nitrogens with one attached hydrogen (secondary N) is 2. The minimum Gasteiger partial charge on any atom is -0.320 e. The van der Waals surface area contributed by atoms with E-state index < -0.39 is 10.0 Å². The van der Waals surface area contributed by atoms with Gasteiger partial charge in [0.05, 0.1) is 10.6 Å². The molecule has 1 amide bonds. The van der Waals surface area contributed by atoms with E-state index in [9.17, 15) is 13.2 Å². The Morgan fingerprint density at radius 3 is 2.53 bits per heavy atom. The number of rotatable bonds is 4. The van der Waals surface area contributed by atoms with Crippen molar-refractivity contribution >= 4 is 33.0 Å². The molecular formula is C12H12N2O3S2. The Bertz CT molecular complexity index is 679. The summed E-state index contributed by atoms with van der Waals surface area (Å²) >= 11 is 1.29. The van der Waals surface area contributed by atoms with E-state index >= 15 is 0 Å². The van der Waals surface area contributed by atoms with Gasteiger partial charge in [0.15, 0.2) is 0 Å². The monoisotopic (exact) mass is 296 g/mol. The quantitative estimate of drug-likeness (QED) is 0.905. The molecule has 1 heterocycles. The highest BCUT2D eigenvalue weighted by molar-refractivity contribution is 7.89. The van der Waals surface area contributed by atoms with Crippen LogP contribution in [0.2, 0.25) is 0 Å². The summed E-state index contributed by atoms with van der Waals surface area (Å²) in [7, 11) is -2.28. The van der Waals surface area contributed by atoms with E-state index in [1.807, 2.05) is 0 Å². The molecule has 0 saturated carbocycles. The normalized spacial score (nSPS) is 11.2. The van der Waals surface area contributed by atoms with Crippen molar-refractivity contribution in [1.29, 1.82) is 0 Å². The highest BCUT2D eigenvalue weighted by Crippen LogP contribution is 2.21. The summed E-state index contributed by atoms with van der Waals surface area (Å²) in [5, 5.41) is 4.39. The number of benzene rings is 1. The maximum Gasteiger partial charge on any atom is 0.265 e. The molecule has 7 heteroatoms. The number of anilines is 1. The molecule has 2 N–H and O–H groups in total. The van der Waals surface area contributed by atoms with Crippen molar-refractivity contribution in [2.75, 3.05) is 12.4 Å². The predicted molar refractivity (Wildman–Crippen MR) is 75.0 cm³/mol. The summed E-state index contributed by atoms with van der Waals surface area (Å²) in [6.45, 7) is 0. The third kappa shape index (κ3) is 3.01. The van der Waals surface area contributed by atoms with E-state index in [2.05, 4.69) is 10.0 Å². The Balaban J connectivity index is 2.34. The molecule has 5 nitrogen and oxygen atoms in total. The molecule has 0 bridgehead atoms. The van der Waals surface area contributed by atoms with E-state index in [-0.39, 0.29) is 16.5 Å². The zero-order chi connectivity index (χ0) is 13.9. The maximum absolute atomic E-state index is 11.9. The van der Waals surface area contributed by atoms with Gasteiger partial charge < -0.3 is 5.32 Å². The molecule has 0 spiro atoms. The average molecular weight is 296 g/mol. The van der Waals surface area contributed by atoms with Crippen molar-refractivity contribution < 1.29 is 13.2 Å². The molecule has 0 fully saturated rings. The lowest BCUT2D eigenvalue weighted by atomic mass is 10.3. The van der Waals surface area contributed by atoms with E-state index in [4.69, 9.17) is 0 Å². The molecule has 100 valence electrons. The van der Waals surface area contributed by atoms with E-state index in [0.717, 1.165) is 0 Å². The lowest BCUT2D eigenvalue weighted by Gasteiger charge is -2.10. The molecule has 2 aromatic rings. The highest BCUT2D eigenvalue weighted by atomic mass is 32.2. The van der Waals surface area contributed by atoms with Crippen LogP contribution in [0.3, 0.4) is 0 Å². The summed E-state index contributed by atoms with van der Waals surface area (Å²) in [5.74, 6) is -0.325. The molecule has 19 heavy (non-hydrogen) atoms. The number of thiophene rings is 1. The minimum atomic E-state index is -3.60. The fraction of sp³-hybridized carbons (Fsp3) is 0.0833. The van der Waals surface area contributed by atoms with Crippen molar-refractivity contribution in [2.24, 2.45) is 0 Å². The zero-order valence-electron chi connectivity index (χ0n) is 10.1. The smallest absolute Gasteiger partial charge is 0.265 e. The number of hydrogen-bond donors (Lipinski definition) is 2. The van der Waals surface area contributed by atoms with Gasteiger partial charge >= 0.3 is 0 Å². The Morgan fingerprint density at radius 2 is 1.89 bits per heavy atom. The van der Waals surface area contributed by atoms with Crippen molar-refractivity contribution in [3.8, 4) is 0 Å². The van der Waals surface area contributed by atoms with Gasteiger partial charge in [0.2, 0.25) is 10.0 Å². The van der Waals surface area contributed by atoms with Crippen LogP contribution in [0.5, 0.6) is 0 Å². The molecule has 0 aliphatic carbocycles. The average Bonchev–Trinajstić information content (AvgIpc) is 2.93. The second kappa shape index (κ2) is 5.52. The topological polar surface area (TPSA) is 75.3 Å². The molecule has 0 radical (unpaired) electrons. The molecule has 1 aromatic carbocycles. The van der Waals surface area contributed by atoms with E-state index in [0.29, 0.717) is 4.88 Å². The van der Waals surface area contributed by atoms with Gasteiger partial charge in [-0.15, -0.1) is 11.3 Å². The molecule has 0 atom stereocenters. The van der Waals surface area contributed by atoms with Crippen molar-refractivity contribution in [3.05, 3.63) is 46.7 Å². The van der Waals surface area contributed by atoms with E-state index in [1.54, 1.807) is 35.7 Å². The maximum atomic E-state index is 11.9. The molecule has 0 saturated heterocycles. The second-order valence-corrected chi connectivity index (χ2v) is 6.44. The van der Waals surface area contributed by atoms with Crippen molar-refractivity contribution in [3.63, 3.8) is 0 Å². The summed E-state index contributed by atoms with van der Waals surface area (Å²) in [4.78, 5) is 12.5. The molecule has 0 unspecified atom stereocenters. The van der Waals surface area contributed by atoms with Crippen LogP contribution >= 0.6 is 11.3 Å². The van der Waals surface area contributed by atoms with E-state index in [1.165, 1.54) is 24.5 Å². The number of carbonyl (C=O) groups excluding carboxylic acids is 1. The van der Waals surface area contributed by atoms with Crippen LogP contribution < -0.4 is 10.0 Å². The molecule has 0 aliphatic rings. The Labute approximate surface area is 115 Å². The first-order chi connectivity index (χ1) is 9.04. The number of hydrogen-bond acceptors (Lipinski definition) is 4. The van der Waals surface area contributed by atoms with Crippen LogP contribution in [0.4, 0.5) is 5.69 Å². The summed E-state index contributed by atoms with van der Waals surface area (Å²) in [6, 6.07) is 9.69. The van der Waals surface area contributed by atoms with Crippen LogP contribution in [0.1, 0.15) is 9.67 Å². The molecule has 2 rings (SSSR count). The largest absolute Gasteiger partial charge is 0.320 e. The molecular weight excluding hydrogens is 284 g/mol. The fourth-order valence-electron chi connectivity index (χ4n) is 1.51. The van der Waals surface area contributed by atoms with Gasteiger partial charge in [0.1, 0.15) is 4.90 Å². The Morgan fingerprint density at radius 1 is 1.16 bits per heavy atom. The Hall–Kier alpha value is -1.70. The lowest BCUT2D eigenvalue weighted by molar-refractivity contribution is 0.103. The van der Waals surface area contributed by atoms with Gasteiger partial charge in [0, 0.05) is 0 Å². The van der Waals surface area contributed by atoms with Crippen LogP contribution in [0.15, 0.2) is 46.7 Å². The number of sulfonamides is 1. The van der Waals surface area contributed by atoms with Crippen LogP contribution in [0, 0.1) is 0 Å². The summed E-state index contributed by atoms with van der Waals surface area (Å²) in [5.41, 5.74) is 0.259. The molecule has 0 aliphatic heterocycles. The second-order valence-electron chi connectivity index (χ2n) is 3.64. The standard InChI is InChI=1S/C12H12N2O3S2/c1-13-19(16,17)11-7-3-2-5-9(11)14-12(15)10-6-4-8-18-10/h2-8,13H,1H3,(H,14,15). The van der Waals surface area contributed by atoms with Gasteiger partial charge in [-0.25, -0.2) is 13.1 Å². The van der Waals surface area contributed by atoms with Crippen LogP contribution in [-0.2, 0) is 10.0 Å². The highest BCUT2D eigenvalue weighted by Gasteiger charge is 2.18. The minimum absolute atomic E-state index is 0.0439. The third-order valence-electron chi connectivity index (χ3n) is 2.44. The number of carbonyl (C=O) groups is 1. The third-order valence-corrected chi connectivity index (χ3v) is 4.78. The predicted octanol–water partition coefficient (Wildman–Crippen LogP) is 1.91. The summed E-state index contributed by atoms with van der Waals surface area (Å²) in [6.07, 6.45) is 0. The SMILES string of the molecule is CNS(=O)(=O)c1ccccc1NC(=O)c1cccs1. The van der Waals surface area contributed by atoms with Gasteiger partial charge in [-0.2, -0.15) is 0 Å². The first-order valence-corrected chi connectivity index (χ1v) is 7.78. The van der Waals surface area contributed by atoms with Crippen LogP contribution in [-0.4, -0.2) is 21.4 Å². The Kier molecular flexibility index (Phi) is 3.98. The van der Waals surface area contributed by atoms with Crippen molar-refractivity contribution in [2.45, 2.75) is 4.90 Å². The van der Waals surface area contributed by atoms with Gasteiger partial charge in [-0.05, 0) is 30.6 Å². The number of amides is 1. The van der Waals surface area contributed by atoms with Crippen molar-refractivity contribution in [1.82, 2.24) is 4.72 Å². The fourth-order valence-corrected chi connectivity index (χ4v) is 3.01.